The van der Waals surface area contributed by atoms with Crippen molar-refractivity contribution in [2.45, 2.75) is 57.2 Å². The molecule has 0 saturated carbocycles. The molecule has 0 aliphatic carbocycles. The third-order valence-corrected chi connectivity index (χ3v) is 7.69. The molecule has 7 nitrogen and oxygen atoms in total. The van der Waals surface area contributed by atoms with E-state index < -0.39 is 12.1 Å². The first-order chi connectivity index (χ1) is 19.6. The molecule has 208 valence electrons. The normalized spacial score (nSPS) is 18.5. The predicted octanol–water partition coefficient (Wildman–Crippen LogP) is 4.83. The Kier molecular flexibility index (Phi) is 9.11. The Morgan fingerprint density at radius 3 is 1.93 bits per heavy atom. The number of ketones is 1. The van der Waals surface area contributed by atoms with E-state index in [1.54, 1.807) is 21.9 Å². The molecule has 2 aliphatic heterocycles. The van der Waals surface area contributed by atoms with Gasteiger partial charge in [0, 0.05) is 19.5 Å². The van der Waals surface area contributed by atoms with Gasteiger partial charge in [-0.25, -0.2) is 0 Å². The van der Waals surface area contributed by atoms with E-state index in [2.05, 4.69) is 0 Å². The van der Waals surface area contributed by atoms with Crippen molar-refractivity contribution >= 4 is 17.6 Å². The fourth-order valence-electron chi connectivity index (χ4n) is 5.54. The lowest BCUT2D eigenvalue weighted by molar-refractivity contribution is -0.146. The van der Waals surface area contributed by atoms with Crippen LogP contribution in [0.2, 0.25) is 0 Å². The number of carbonyl (C=O) groups is 3. The molecule has 2 fully saturated rings. The topological polar surface area (TPSA) is 76.2 Å². The quantitative estimate of drug-likeness (QED) is 0.348. The molecule has 2 heterocycles. The molecule has 40 heavy (non-hydrogen) atoms. The smallest absolute Gasteiger partial charge is 0.245 e. The van der Waals surface area contributed by atoms with Gasteiger partial charge in [-0.15, -0.1) is 0 Å². The molecule has 0 unspecified atom stereocenters. The highest BCUT2D eigenvalue weighted by molar-refractivity contribution is 5.94. The number of nitrogens with zero attached hydrogens (tertiary/aromatic N) is 2. The lowest BCUT2D eigenvalue weighted by Gasteiger charge is -2.31. The molecule has 0 N–H and O–H groups in total. The summed E-state index contributed by atoms with van der Waals surface area (Å²) in [5.41, 5.74) is 2.19. The Morgan fingerprint density at radius 1 is 0.675 bits per heavy atom. The second kappa shape index (κ2) is 13.3. The van der Waals surface area contributed by atoms with Gasteiger partial charge in [-0.1, -0.05) is 60.7 Å². The molecule has 0 radical (unpaired) electrons. The minimum atomic E-state index is -0.511. The van der Waals surface area contributed by atoms with Crippen LogP contribution < -0.4 is 9.47 Å². The van der Waals surface area contributed by atoms with Crippen molar-refractivity contribution < 1.29 is 23.9 Å². The maximum atomic E-state index is 13.6. The van der Waals surface area contributed by atoms with Crippen molar-refractivity contribution in [3.8, 4) is 11.5 Å². The van der Waals surface area contributed by atoms with Crippen LogP contribution in [0.4, 0.5) is 0 Å². The van der Waals surface area contributed by atoms with E-state index in [-0.39, 0.29) is 24.2 Å². The summed E-state index contributed by atoms with van der Waals surface area (Å²) in [6.45, 7) is 1.49. The Labute approximate surface area is 235 Å². The van der Waals surface area contributed by atoms with Crippen LogP contribution in [0.3, 0.4) is 0 Å². The van der Waals surface area contributed by atoms with Gasteiger partial charge in [0.15, 0.2) is 5.78 Å². The van der Waals surface area contributed by atoms with Crippen LogP contribution in [-0.2, 0) is 27.4 Å². The van der Waals surface area contributed by atoms with E-state index in [0.717, 1.165) is 29.7 Å². The zero-order valence-corrected chi connectivity index (χ0v) is 22.7. The summed E-state index contributed by atoms with van der Waals surface area (Å²) in [6.07, 6.45) is 3.86. The Hall–Kier alpha value is -4.13. The first kappa shape index (κ1) is 27.4. The van der Waals surface area contributed by atoms with Crippen molar-refractivity contribution in [1.29, 1.82) is 0 Å². The van der Waals surface area contributed by atoms with Crippen molar-refractivity contribution in [3.05, 3.63) is 96.1 Å². The summed E-state index contributed by atoms with van der Waals surface area (Å²) >= 11 is 0. The van der Waals surface area contributed by atoms with Crippen LogP contribution in [0, 0.1) is 0 Å². The van der Waals surface area contributed by atoms with E-state index in [9.17, 15) is 14.4 Å². The summed E-state index contributed by atoms with van der Waals surface area (Å²) in [7, 11) is 0. The highest BCUT2D eigenvalue weighted by Gasteiger charge is 2.41. The fraction of sp³-hybridized carbons (Fsp3) is 0.364. The molecule has 3 aromatic carbocycles. The minimum absolute atomic E-state index is 0.00121. The zero-order chi connectivity index (χ0) is 27.7. The van der Waals surface area contributed by atoms with Crippen molar-refractivity contribution in [2.24, 2.45) is 0 Å². The van der Waals surface area contributed by atoms with Gasteiger partial charge in [-0.05, 0) is 67.5 Å². The molecule has 5 rings (SSSR count). The largest absolute Gasteiger partial charge is 0.489 e. The molecule has 0 spiro atoms. The van der Waals surface area contributed by atoms with E-state index in [0.29, 0.717) is 51.1 Å². The lowest BCUT2D eigenvalue weighted by atomic mass is 10.1. The third kappa shape index (κ3) is 6.89. The summed E-state index contributed by atoms with van der Waals surface area (Å²) in [5, 5.41) is 0. The molecule has 2 saturated heterocycles. The number of rotatable bonds is 11. The summed E-state index contributed by atoms with van der Waals surface area (Å²) in [4.78, 5) is 43.1. The summed E-state index contributed by atoms with van der Waals surface area (Å²) in [6, 6.07) is 26.0. The summed E-state index contributed by atoms with van der Waals surface area (Å²) < 4.78 is 11.6. The van der Waals surface area contributed by atoms with E-state index in [4.69, 9.17) is 9.47 Å². The number of hydrogen-bond acceptors (Lipinski definition) is 5. The molecule has 2 aliphatic rings. The second-order valence-corrected chi connectivity index (χ2v) is 10.4. The average Bonchev–Trinajstić information content (AvgIpc) is 3.70. The minimum Gasteiger partial charge on any atom is -0.489 e. The molecule has 0 bridgehead atoms. The van der Waals surface area contributed by atoms with Gasteiger partial charge in [0.1, 0.15) is 30.8 Å². The van der Waals surface area contributed by atoms with E-state index >= 15 is 0 Å². The highest BCUT2D eigenvalue weighted by atomic mass is 16.5. The number of carbonyl (C=O) groups excluding carboxylic acids is 3. The monoisotopic (exact) mass is 540 g/mol. The van der Waals surface area contributed by atoms with Crippen LogP contribution in [0.1, 0.15) is 43.2 Å². The standard InChI is InChI=1S/C33H36N2O5/c36-31(24-40-28-18-16-27(17-19-28)39-23-26-11-5-2-6-12-26)29-13-7-22-35(29)33(38)30-14-8-21-34(30)32(37)20-15-25-9-3-1-4-10-25/h1-6,9-12,16-19,29-30H,7-8,13-15,20-24H2/t29-,30+/m0/s1. The fourth-order valence-corrected chi connectivity index (χ4v) is 5.54. The van der Waals surface area contributed by atoms with Crippen LogP contribution in [0.15, 0.2) is 84.9 Å². The van der Waals surface area contributed by atoms with Gasteiger partial charge >= 0.3 is 0 Å². The number of Topliss-reactive ketones (excluding diaryl/α,β-unsaturated/α-hetero) is 1. The van der Waals surface area contributed by atoms with Crippen LogP contribution in [0.25, 0.3) is 0 Å². The molecular weight excluding hydrogens is 504 g/mol. The van der Waals surface area contributed by atoms with Crippen molar-refractivity contribution in [3.63, 3.8) is 0 Å². The molecule has 7 heteroatoms. The van der Waals surface area contributed by atoms with E-state index in [1.165, 1.54) is 0 Å². The number of hydrogen-bond donors (Lipinski definition) is 0. The summed E-state index contributed by atoms with van der Waals surface area (Å²) in [5.74, 6) is 1.06. The van der Waals surface area contributed by atoms with E-state index in [1.807, 2.05) is 72.8 Å². The molecule has 0 aromatic heterocycles. The second-order valence-electron chi connectivity index (χ2n) is 10.4. The van der Waals surface area contributed by atoms with Gasteiger partial charge in [0.25, 0.3) is 0 Å². The Bertz CT molecular complexity index is 1280. The third-order valence-electron chi connectivity index (χ3n) is 7.69. The predicted molar refractivity (Wildman–Crippen MR) is 152 cm³/mol. The Balaban J connectivity index is 1.11. The lowest BCUT2D eigenvalue weighted by Crippen LogP contribution is -2.51. The number of amides is 2. The molecule has 2 atom stereocenters. The number of ether oxygens (including phenoxy) is 2. The number of aryl methyl sites for hydroxylation is 1. The molecular formula is C33H36N2O5. The van der Waals surface area contributed by atoms with Crippen molar-refractivity contribution in [1.82, 2.24) is 9.80 Å². The number of benzene rings is 3. The van der Waals surface area contributed by atoms with Crippen molar-refractivity contribution in [2.75, 3.05) is 19.7 Å². The zero-order valence-electron chi connectivity index (χ0n) is 22.7. The molecule has 3 aromatic rings. The first-order valence-corrected chi connectivity index (χ1v) is 14.1. The van der Waals surface area contributed by atoms with Gasteiger partial charge in [0.2, 0.25) is 11.8 Å². The number of likely N-dealkylation sites (tertiary alicyclic amines) is 2. The first-order valence-electron chi connectivity index (χ1n) is 14.1. The average molecular weight is 541 g/mol. The van der Waals surface area contributed by atoms with Gasteiger partial charge < -0.3 is 19.3 Å². The molecule has 2 amide bonds. The maximum absolute atomic E-state index is 13.6. The van der Waals surface area contributed by atoms with Crippen LogP contribution in [0.5, 0.6) is 11.5 Å². The van der Waals surface area contributed by atoms with Crippen LogP contribution in [-0.4, -0.2) is 59.2 Å². The maximum Gasteiger partial charge on any atom is 0.245 e. The Morgan fingerprint density at radius 2 is 1.25 bits per heavy atom. The highest BCUT2D eigenvalue weighted by Crippen LogP contribution is 2.27. The van der Waals surface area contributed by atoms with Crippen LogP contribution >= 0.6 is 0 Å². The van der Waals surface area contributed by atoms with Gasteiger partial charge in [0.05, 0.1) is 6.04 Å². The van der Waals surface area contributed by atoms with Gasteiger partial charge in [-0.2, -0.15) is 0 Å². The van der Waals surface area contributed by atoms with Gasteiger partial charge in [-0.3, -0.25) is 14.4 Å². The SMILES string of the molecule is O=C(COc1ccc(OCc2ccccc2)cc1)[C@@H]1CCCN1C(=O)[C@H]1CCCN1C(=O)CCc1ccccc1.